The number of piperidine rings is 1. The number of nitrogens with two attached hydrogens (primary N) is 1. The van der Waals surface area contributed by atoms with Crippen molar-refractivity contribution in [2.75, 3.05) is 13.1 Å². The summed E-state index contributed by atoms with van der Waals surface area (Å²) >= 11 is 0. The predicted molar refractivity (Wildman–Crippen MR) is 104 cm³/mol. The van der Waals surface area contributed by atoms with Gasteiger partial charge in [-0.05, 0) is 74.0 Å². The molecule has 26 heavy (non-hydrogen) atoms. The fraction of sp³-hybridized carbons (Fsp3) is 0.333. The molecule has 3 N–H and O–H groups in total. The Morgan fingerprint density at radius 2 is 2.12 bits per heavy atom. The number of aryl methyl sites for hydroxylation is 2. The molecular weight excluding hydrogens is 324 g/mol. The Bertz CT molecular complexity index is 1020. The first-order chi connectivity index (χ1) is 12.9. The number of rotatable bonds is 3. The molecule has 0 saturated carbocycles. The fourth-order valence-electron chi connectivity index (χ4n) is 3.62. The molecule has 0 radical (unpaired) electrons. The quantitative estimate of drug-likeness (QED) is 0.762. The molecule has 1 amide bonds. The third kappa shape index (κ3) is 2.88. The summed E-state index contributed by atoms with van der Waals surface area (Å²) in [4.78, 5) is 11.8. The van der Waals surface area contributed by atoms with Gasteiger partial charge < -0.3 is 11.1 Å². The number of fused-ring (bicyclic) bond motifs is 1. The molecule has 5 heteroatoms. The Labute approximate surface area is 154 Å². The minimum Gasteiger partial charge on any atom is -0.366 e. The lowest BCUT2D eigenvalue weighted by molar-refractivity contribution is 0.100. The summed E-state index contributed by atoms with van der Waals surface area (Å²) in [5.74, 6) is -1.04. The molecule has 0 spiro atoms. The highest BCUT2D eigenvalue weighted by Gasteiger charge is 2.17. The molecule has 1 saturated heterocycles. The summed E-state index contributed by atoms with van der Waals surface area (Å²) in [5, 5.41) is 8.87. The van der Waals surface area contributed by atoms with Crippen molar-refractivity contribution in [1.29, 1.82) is 0 Å². The van der Waals surface area contributed by atoms with Crippen molar-refractivity contribution in [3.8, 4) is 5.69 Å². The Morgan fingerprint density at radius 3 is 2.77 bits per heavy atom. The van der Waals surface area contributed by atoms with Crippen molar-refractivity contribution < 1.29 is 6.17 Å². The van der Waals surface area contributed by atoms with E-state index in [0.29, 0.717) is 17.6 Å². The van der Waals surface area contributed by atoms with Crippen LogP contribution in [0.4, 0.5) is 0 Å². The zero-order valence-corrected chi connectivity index (χ0v) is 15.2. The third-order valence-corrected chi connectivity index (χ3v) is 5.30. The van der Waals surface area contributed by atoms with E-state index in [0.717, 1.165) is 47.2 Å². The lowest BCUT2D eigenvalue weighted by atomic mass is 9.92. The van der Waals surface area contributed by atoms with Crippen LogP contribution in [0.25, 0.3) is 16.6 Å². The van der Waals surface area contributed by atoms with Crippen molar-refractivity contribution >= 4 is 16.8 Å². The van der Waals surface area contributed by atoms with Gasteiger partial charge in [0.1, 0.15) is 5.52 Å². The maximum absolute atomic E-state index is 11.8. The van der Waals surface area contributed by atoms with Gasteiger partial charge in [0, 0.05) is 19.5 Å². The summed E-state index contributed by atoms with van der Waals surface area (Å²) in [6.45, 7) is 5.66. The monoisotopic (exact) mass is 349 g/mol. The van der Waals surface area contributed by atoms with Crippen LogP contribution in [0.5, 0.6) is 0 Å². The average Bonchev–Trinajstić information content (AvgIpc) is 3.11. The zero-order chi connectivity index (χ0) is 19.2. The smallest absolute Gasteiger partial charge is 0.250 e. The third-order valence-electron chi connectivity index (χ3n) is 5.30. The number of nitrogens with one attached hydrogen (secondary N) is 1. The van der Waals surface area contributed by atoms with Crippen LogP contribution in [-0.2, 0) is 0 Å². The SMILES string of the molecule is [2H][C@@]1(c2ccc(-n3cc4c(C)c(C)cc(C(N)=O)c4n3)cc2)CCCNC1. The minimum atomic E-state index is -0.571. The number of carbonyl (C=O) groups excluding carboxylic acids is 1. The lowest BCUT2D eigenvalue weighted by Crippen LogP contribution is -2.28. The number of primary amides is 1. The van der Waals surface area contributed by atoms with Crippen LogP contribution in [0.2, 0.25) is 0 Å². The largest absolute Gasteiger partial charge is 0.366 e. The molecule has 0 aliphatic carbocycles. The van der Waals surface area contributed by atoms with Crippen molar-refractivity contribution in [3.63, 3.8) is 0 Å². The van der Waals surface area contributed by atoms with Gasteiger partial charge in [0.15, 0.2) is 0 Å². The standard InChI is InChI=1S/C21H24N4O/c1-13-10-18(21(22)26)20-19(14(13)2)12-25(24-20)17-7-5-15(6-8-17)16-4-3-9-23-11-16/h5-8,10,12,16,23H,3-4,9,11H2,1-2H3,(H2,22,26)/t16-/m1/s1/i16D. The topological polar surface area (TPSA) is 72.9 Å². The van der Waals surface area contributed by atoms with Crippen LogP contribution < -0.4 is 11.1 Å². The van der Waals surface area contributed by atoms with E-state index in [4.69, 9.17) is 7.10 Å². The number of benzene rings is 2. The van der Waals surface area contributed by atoms with Crippen molar-refractivity contribution in [1.82, 2.24) is 15.1 Å². The number of nitrogens with zero attached hydrogens (tertiary/aromatic N) is 2. The summed E-state index contributed by atoms with van der Waals surface area (Å²) in [6.07, 6.45) is 3.83. The lowest BCUT2D eigenvalue weighted by Gasteiger charge is -2.23. The molecule has 1 aliphatic rings. The Balaban J connectivity index is 1.75. The summed E-state index contributed by atoms with van der Waals surface area (Å²) in [6, 6.07) is 9.79. The first-order valence-electron chi connectivity index (χ1n) is 9.50. The molecular formula is C21H24N4O. The van der Waals surface area contributed by atoms with Gasteiger partial charge in [-0.3, -0.25) is 4.79 Å². The molecule has 2 aromatic carbocycles. The van der Waals surface area contributed by atoms with Crippen LogP contribution in [0.1, 0.15) is 47.2 Å². The maximum atomic E-state index is 11.8. The highest BCUT2D eigenvalue weighted by molar-refractivity contribution is 6.06. The minimum absolute atomic E-state index is 0.446. The van der Waals surface area contributed by atoms with Gasteiger partial charge >= 0.3 is 0 Å². The normalized spacial score (nSPS) is 20.9. The van der Waals surface area contributed by atoms with Crippen LogP contribution >= 0.6 is 0 Å². The van der Waals surface area contributed by atoms with Gasteiger partial charge in [-0.2, -0.15) is 5.10 Å². The maximum Gasteiger partial charge on any atom is 0.250 e. The number of hydrogen-bond donors (Lipinski definition) is 2. The molecule has 5 nitrogen and oxygen atoms in total. The summed E-state index contributed by atoms with van der Waals surface area (Å²) < 4.78 is 10.5. The van der Waals surface area contributed by atoms with Crippen LogP contribution in [0, 0.1) is 13.8 Å². The van der Waals surface area contributed by atoms with E-state index < -0.39 is 11.8 Å². The van der Waals surface area contributed by atoms with Gasteiger partial charge in [0.25, 0.3) is 5.91 Å². The number of aromatic nitrogens is 2. The van der Waals surface area contributed by atoms with Gasteiger partial charge in [0.05, 0.1) is 11.3 Å². The van der Waals surface area contributed by atoms with Crippen molar-refractivity contribution in [3.05, 3.63) is 58.8 Å². The van der Waals surface area contributed by atoms with Gasteiger partial charge in [-0.1, -0.05) is 12.1 Å². The highest BCUT2D eigenvalue weighted by atomic mass is 16.1. The molecule has 0 bridgehead atoms. The van der Waals surface area contributed by atoms with Crippen molar-refractivity contribution in [2.24, 2.45) is 5.73 Å². The second kappa shape index (κ2) is 6.57. The van der Waals surface area contributed by atoms with E-state index in [-0.39, 0.29) is 0 Å². The Morgan fingerprint density at radius 1 is 1.35 bits per heavy atom. The number of hydrogen-bond acceptors (Lipinski definition) is 3. The van der Waals surface area contributed by atoms with E-state index in [2.05, 4.69) is 10.4 Å². The Kier molecular flexibility index (Phi) is 3.94. The van der Waals surface area contributed by atoms with E-state index in [1.54, 1.807) is 10.7 Å². The van der Waals surface area contributed by atoms with Gasteiger partial charge in [0.2, 0.25) is 0 Å². The molecule has 2 heterocycles. The number of carbonyl (C=O) groups is 1. The molecule has 3 aromatic rings. The average molecular weight is 349 g/mol. The first kappa shape index (κ1) is 15.6. The second-order valence-electron chi connectivity index (χ2n) is 7.00. The predicted octanol–water partition coefficient (Wildman–Crippen LogP) is 3.21. The number of amides is 1. The van der Waals surface area contributed by atoms with Crippen LogP contribution in [0.3, 0.4) is 0 Å². The molecule has 1 fully saturated rings. The molecule has 1 atom stereocenters. The van der Waals surface area contributed by atoms with E-state index >= 15 is 0 Å². The van der Waals surface area contributed by atoms with Crippen LogP contribution in [0.15, 0.2) is 36.5 Å². The summed E-state index contributed by atoms with van der Waals surface area (Å²) in [7, 11) is 0. The second-order valence-corrected chi connectivity index (χ2v) is 7.00. The van der Waals surface area contributed by atoms with Gasteiger partial charge in [-0.25, -0.2) is 4.68 Å². The van der Waals surface area contributed by atoms with Crippen LogP contribution in [-0.4, -0.2) is 28.8 Å². The molecule has 0 unspecified atom stereocenters. The van der Waals surface area contributed by atoms with Crippen molar-refractivity contribution in [2.45, 2.75) is 32.6 Å². The molecule has 1 aliphatic heterocycles. The van der Waals surface area contributed by atoms with Gasteiger partial charge in [-0.15, -0.1) is 0 Å². The fourth-order valence-corrected chi connectivity index (χ4v) is 3.62. The zero-order valence-electron chi connectivity index (χ0n) is 16.2. The van der Waals surface area contributed by atoms with E-state index in [9.17, 15) is 4.79 Å². The van der Waals surface area contributed by atoms with E-state index in [1.165, 1.54) is 0 Å². The molecule has 4 rings (SSSR count). The molecule has 134 valence electrons. The van der Waals surface area contributed by atoms with E-state index in [1.807, 2.05) is 44.3 Å². The Hall–Kier alpha value is -2.66. The first-order valence-corrected chi connectivity index (χ1v) is 9.00. The molecule has 1 aromatic heterocycles. The summed E-state index contributed by atoms with van der Waals surface area (Å²) in [5.41, 5.74) is 10.6. The highest BCUT2D eigenvalue weighted by Crippen LogP contribution is 2.27.